The van der Waals surface area contributed by atoms with Gasteiger partial charge in [-0.1, -0.05) is 66.8 Å². The number of carbonyl (C=O) groups is 3. The topological polar surface area (TPSA) is 121 Å². The summed E-state index contributed by atoms with van der Waals surface area (Å²) in [6.07, 6.45) is 3.73. The molecule has 236 valence electrons. The van der Waals surface area contributed by atoms with E-state index in [2.05, 4.69) is 23.5 Å². The normalized spacial score (nSPS) is 28.3. The summed E-state index contributed by atoms with van der Waals surface area (Å²) in [5.41, 5.74) is 0.200. The Bertz CT molecular complexity index is 1630. The van der Waals surface area contributed by atoms with E-state index in [-0.39, 0.29) is 50.0 Å². The number of hydrogen-bond acceptors (Lipinski definition) is 7. The SMILES string of the molecule is C=CCN(Cn1nnc2ccccc21)C(=O)C1N(CCO)C(=O)[C@@H]2[C@H](C(=O)N(CC=C)Cc3ccccc3)[C@@]3(C)OC12CC3C. The highest BCUT2D eigenvalue weighted by atomic mass is 16.5. The van der Waals surface area contributed by atoms with E-state index in [4.69, 9.17) is 4.74 Å². The predicted molar refractivity (Wildman–Crippen MR) is 167 cm³/mol. The highest BCUT2D eigenvalue weighted by Gasteiger charge is 2.80. The number of rotatable bonds is 12. The number of aliphatic hydroxyl groups excluding tert-OH is 1. The molecule has 11 heteroatoms. The van der Waals surface area contributed by atoms with Gasteiger partial charge in [-0.25, -0.2) is 4.68 Å². The minimum atomic E-state index is -1.24. The van der Waals surface area contributed by atoms with Crippen LogP contribution < -0.4 is 0 Å². The number of likely N-dealkylation sites (tertiary alicyclic amines) is 1. The minimum Gasteiger partial charge on any atom is -0.395 e. The molecule has 6 atom stereocenters. The van der Waals surface area contributed by atoms with Crippen molar-refractivity contribution in [1.82, 2.24) is 29.7 Å². The van der Waals surface area contributed by atoms with Crippen LogP contribution in [-0.4, -0.2) is 96.0 Å². The standard InChI is InChI=1S/C34H40N6O5/c1-5-16-37(21-24-12-8-7-9-13-24)30(42)27-28-31(43)39(18-19-41)29(34(28)20-23(3)33(27,4)45-34)32(44)38(17-6-2)22-40-26-15-11-10-14-25(26)35-36-40/h5-15,23,27-29,41H,1-2,16-22H2,3-4H3/t23?,27-,28+,29?,33+,34?/m1/s1. The molecule has 3 aliphatic rings. The maximum absolute atomic E-state index is 14.7. The number of fused-ring (bicyclic) bond motifs is 2. The molecule has 0 saturated carbocycles. The third-order valence-electron chi connectivity index (χ3n) is 9.92. The molecular weight excluding hydrogens is 572 g/mol. The summed E-state index contributed by atoms with van der Waals surface area (Å²) in [5, 5.41) is 18.5. The van der Waals surface area contributed by atoms with Gasteiger partial charge in [-0.15, -0.1) is 18.3 Å². The number of benzene rings is 2. The first-order chi connectivity index (χ1) is 21.7. The lowest BCUT2D eigenvalue weighted by Crippen LogP contribution is -2.57. The lowest BCUT2D eigenvalue weighted by molar-refractivity contribution is -0.156. The molecule has 0 radical (unpaired) electrons. The Balaban J connectivity index is 1.38. The largest absolute Gasteiger partial charge is 0.395 e. The van der Waals surface area contributed by atoms with Crippen LogP contribution in [0.25, 0.3) is 11.0 Å². The molecule has 3 amide bonds. The summed E-state index contributed by atoms with van der Waals surface area (Å²) in [4.78, 5) is 48.3. The van der Waals surface area contributed by atoms with Gasteiger partial charge >= 0.3 is 0 Å². The molecule has 3 fully saturated rings. The zero-order valence-corrected chi connectivity index (χ0v) is 25.8. The Morgan fingerprint density at radius 1 is 1.07 bits per heavy atom. The lowest BCUT2D eigenvalue weighted by Gasteiger charge is -2.39. The van der Waals surface area contributed by atoms with Crippen LogP contribution in [0.1, 0.15) is 25.8 Å². The summed E-state index contributed by atoms with van der Waals surface area (Å²) in [6, 6.07) is 16.1. The number of para-hydroxylation sites is 1. The quantitative estimate of drug-likeness (QED) is 0.312. The van der Waals surface area contributed by atoms with Crippen molar-refractivity contribution < 1.29 is 24.2 Å². The maximum Gasteiger partial charge on any atom is 0.250 e. The summed E-state index contributed by atoms with van der Waals surface area (Å²) in [5.74, 6) is -2.72. The number of aromatic nitrogens is 3. The van der Waals surface area contributed by atoms with Crippen molar-refractivity contribution >= 4 is 28.8 Å². The van der Waals surface area contributed by atoms with Gasteiger partial charge in [-0.2, -0.15) is 0 Å². The van der Waals surface area contributed by atoms with Crippen LogP contribution in [0.3, 0.4) is 0 Å². The van der Waals surface area contributed by atoms with Crippen LogP contribution in [0.5, 0.6) is 0 Å². The molecule has 2 bridgehead atoms. The Morgan fingerprint density at radius 2 is 1.76 bits per heavy atom. The van der Waals surface area contributed by atoms with Gasteiger partial charge < -0.3 is 24.5 Å². The summed E-state index contributed by atoms with van der Waals surface area (Å²) < 4.78 is 8.52. The van der Waals surface area contributed by atoms with E-state index in [1.54, 1.807) is 26.6 Å². The van der Waals surface area contributed by atoms with E-state index in [0.29, 0.717) is 25.0 Å². The number of carbonyl (C=O) groups excluding carboxylic acids is 3. The van der Waals surface area contributed by atoms with Gasteiger partial charge in [0.25, 0.3) is 0 Å². The number of ether oxygens (including phenoxy) is 1. The van der Waals surface area contributed by atoms with Gasteiger partial charge in [0.05, 0.1) is 29.6 Å². The molecule has 1 spiro atoms. The molecule has 0 aliphatic carbocycles. The molecule has 3 aliphatic heterocycles. The number of hydrogen-bond donors (Lipinski definition) is 1. The third kappa shape index (κ3) is 4.85. The Hall–Kier alpha value is -4.35. The molecule has 3 aromatic rings. The first-order valence-corrected chi connectivity index (χ1v) is 15.4. The molecule has 11 nitrogen and oxygen atoms in total. The first-order valence-electron chi connectivity index (χ1n) is 15.4. The van der Waals surface area contributed by atoms with Crippen molar-refractivity contribution in [3.05, 3.63) is 85.5 Å². The molecule has 2 aromatic carbocycles. The van der Waals surface area contributed by atoms with Crippen molar-refractivity contribution in [3.63, 3.8) is 0 Å². The van der Waals surface area contributed by atoms with Crippen molar-refractivity contribution in [1.29, 1.82) is 0 Å². The molecular formula is C34H40N6O5. The Morgan fingerprint density at radius 3 is 2.47 bits per heavy atom. The van der Waals surface area contributed by atoms with Crippen LogP contribution >= 0.6 is 0 Å². The van der Waals surface area contributed by atoms with E-state index >= 15 is 0 Å². The van der Waals surface area contributed by atoms with Crippen LogP contribution in [0.2, 0.25) is 0 Å². The van der Waals surface area contributed by atoms with Gasteiger partial charge in [0, 0.05) is 26.2 Å². The van der Waals surface area contributed by atoms with E-state index in [0.717, 1.165) is 11.1 Å². The monoisotopic (exact) mass is 612 g/mol. The minimum absolute atomic E-state index is 0.0581. The highest BCUT2D eigenvalue weighted by molar-refractivity contribution is 5.99. The fraction of sp³-hybridized carbons (Fsp3) is 0.441. The average molecular weight is 613 g/mol. The maximum atomic E-state index is 14.7. The second-order valence-electron chi connectivity index (χ2n) is 12.5. The second-order valence-corrected chi connectivity index (χ2v) is 12.5. The first kappa shape index (κ1) is 30.7. The molecule has 1 aromatic heterocycles. The summed E-state index contributed by atoms with van der Waals surface area (Å²) >= 11 is 0. The average Bonchev–Trinajstić information content (AvgIpc) is 3.70. The van der Waals surface area contributed by atoms with E-state index in [9.17, 15) is 19.5 Å². The lowest BCUT2D eigenvalue weighted by atomic mass is 9.62. The van der Waals surface area contributed by atoms with Crippen LogP contribution in [0.15, 0.2) is 79.9 Å². The number of amides is 3. The van der Waals surface area contributed by atoms with Gasteiger partial charge in [-0.3, -0.25) is 14.4 Å². The number of β-amino-alcohol motifs (C(OH)–C–C–N with tert-alkyl or cyclic N) is 1. The van der Waals surface area contributed by atoms with Crippen LogP contribution in [-0.2, 0) is 32.3 Å². The van der Waals surface area contributed by atoms with Gasteiger partial charge in [0.2, 0.25) is 17.7 Å². The number of aliphatic hydroxyl groups is 1. The van der Waals surface area contributed by atoms with Crippen LogP contribution in [0.4, 0.5) is 0 Å². The van der Waals surface area contributed by atoms with Gasteiger partial charge in [0.15, 0.2) is 0 Å². The van der Waals surface area contributed by atoms with Crippen molar-refractivity contribution in [3.8, 4) is 0 Å². The van der Waals surface area contributed by atoms with Gasteiger partial charge in [-0.05, 0) is 37.0 Å². The molecule has 45 heavy (non-hydrogen) atoms. The highest BCUT2D eigenvalue weighted by Crippen LogP contribution is 2.65. The fourth-order valence-electron chi connectivity index (χ4n) is 7.86. The zero-order chi connectivity index (χ0) is 31.9. The third-order valence-corrected chi connectivity index (χ3v) is 9.92. The van der Waals surface area contributed by atoms with Gasteiger partial charge in [0.1, 0.15) is 23.8 Å². The smallest absolute Gasteiger partial charge is 0.250 e. The van der Waals surface area contributed by atoms with Crippen molar-refractivity contribution in [2.45, 2.75) is 50.7 Å². The molecule has 1 N–H and O–H groups in total. The Labute approximate surface area is 262 Å². The van der Waals surface area contributed by atoms with E-state index in [1.165, 1.54) is 4.90 Å². The molecule has 4 heterocycles. The second kappa shape index (κ2) is 11.9. The van der Waals surface area contributed by atoms with Crippen LogP contribution in [0, 0.1) is 17.8 Å². The molecule has 3 saturated heterocycles. The molecule has 6 rings (SSSR count). The number of nitrogens with zero attached hydrogens (tertiary/aromatic N) is 6. The zero-order valence-electron chi connectivity index (χ0n) is 25.8. The van der Waals surface area contributed by atoms with Crippen molar-refractivity contribution in [2.75, 3.05) is 26.2 Å². The fourth-order valence-corrected chi connectivity index (χ4v) is 7.86. The predicted octanol–water partition coefficient (Wildman–Crippen LogP) is 2.62. The summed E-state index contributed by atoms with van der Waals surface area (Å²) in [6.45, 7) is 12.2. The van der Waals surface area contributed by atoms with Crippen molar-refractivity contribution in [2.24, 2.45) is 17.8 Å². The summed E-state index contributed by atoms with van der Waals surface area (Å²) in [7, 11) is 0. The molecule has 3 unspecified atom stereocenters. The Kier molecular flexibility index (Phi) is 8.09. The van der Waals surface area contributed by atoms with E-state index in [1.807, 2.05) is 68.4 Å². The van der Waals surface area contributed by atoms with E-state index < -0.39 is 29.1 Å².